The molecule has 0 radical (unpaired) electrons. The molecule has 2 N–H and O–H groups in total. The van der Waals surface area contributed by atoms with Crippen molar-refractivity contribution in [2.45, 2.75) is 31.7 Å². The summed E-state index contributed by atoms with van der Waals surface area (Å²) < 4.78 is 0. The summed E-state index contributed by atoms with van der Waals surface area (Å²) in [7, 11) is 0. The topological polar surface area (TPSA) is 53.5 Å². The Morgan fingerprint density at radius 1 is 1.42 bits per heavy atom. The molecule has 1 fully saturated rings. The van der Waals surface area contributed by atoms with Gasteiger partial charge in [0.1, 0.15) is 6.54 Å². The van der Waals surface area contributed by atoms with E-state index in [1.807, 2.05) is 0 Å². The standard InChI is InChI=1S/C8H13N3O/c12-7-5-9-8(11-7)10-6-3-1-2-4-6/h6H,1-5H2,(H2,9,10,11,12). The van der Waals surface area contributed by atoms with Gasteiger partial charge in [-0.3, -0.25) is 10.1 Å². The van der Waals surface area contributed by atoms with E-state index in [1.54, 1.807) is 0 Å². The van der Waals surface area contributed by atoms with E-state index in [0.29, 0.717) is 12.0 Å². The molecular weight excluding hydrogens is 154 g/mol. The molecule has 4 heteroatoms. The molecule has 12 heavy (non-hydrogen) atoms. The van der Waals surface area contributed by atoms with Crippen molar-refractivity contribution in [1.29, 1.82) is 0 Å². The van der Waals surface area contributed by atoms with E-state index >= 15 is 0 Å². The van der Waals surface area contributed by atoms with Gasteiger partial charge in [-0.1, -0.05) is 12.8 Å². The van der Waals surface area contributed by atoms with Gasteiger partial charge in [0.15, 0.2) is 5.96 Å². The maximum Gasteiger partial charge on any atom is 0.248 e. The molecule has 2 rings (SSSR count). The molecule has 0 aromatic rings. The van der Waals surface area contributed by atoms with Gasteiger partial charge in [-0.05, 0) is 12.8 Å². The van der Waals surface area contributed by atoms with Crippen LogP contribution >= 0.6 is 0 Å². The van der Waals surface area contributed by atoms with Gasteiger partial charge in [0, 0.05) is 6.04 Å². The number of nitrogens with zero attached hydrogens (tertiary/aromatic N) is 1. The summed E-state index contributed by atoms with van der Waals surface area (Å²) in [4.78, 5) is 14.8. The zero-order valence-corrected chi connectivity index (χ0v) is 6.97. The van der Waals surface area contributed by atoms with Crippen LogP contribution in [-0.2, 0) is 4.79 Å². The summed E-state index contributed by atoms with van der Waals surface area (Å²) in [6, 6.07) is 0.530. The first kappa shape index (κ1) is 7.58. The molecule has 1 saturated carbocycles. The molecule has 66 valence electrons. The lowest BCUT2D eigenvalue weighted by atomic mass is 10.2. The average molecular weight is 167 g/mol. The number of nitrogens with one attached hydrogen (secondary N) is 2. The van der Waals surface area contributed by atoms with Gasteiger partial charge in [-0.25, -0.2) is 4.99 Å². The molecular formula is C8H13N3O. The van der Waals surface area contributed by atoms with Crippen molar-refractivity contribution >= 4 is 11.9 Å². The first-order chi connectivity index (χ1) is 5.84. The fraction of sp³-hybridized carbons (Fsp3) is 0.750. The zero-order valence-electron chi connectivity index (χ0n) is 6.97. The highest BCUT2D eigenvalue weighted by Crippen LogP contribution is 2.17. The average Bonchev–Trinajstić information content (AvgIpc) is 2.63. The highest BCUT2D eigenvalue weighted by Gasteiger charge is 2.19. The Hall–Kier alpha value is -1.06. The highest BCUT2D eigenvalue weighted by molar-refractivity contribution is 6.02. The third-order valence-corrected chi connectivity index (χ3v) is 2.33. The lowest BCUT2D eigenvalue weighted by Crippen LogP contribution is -2.41. The van der Waals surface area contributed by atoms with E-state index in [0.717, 1.165) is 0 Å². The first-order valence-electron chi connectivity index (χ1n) is 4.45. The van der Waals surface area contributed by atoms with Crippen LogP contribution in [-0.4, -0.2) is 24.5 Å². The van der Waals surface area contributed by atoms with Crippen LogP contribution in [0.5, 0.6) is 0 Å². The van der Waals surface area contributed by atoms with E-state index in [9.17, 15) is 4.79 Å². The van der Waals surface area contributed by atoms with Crippen molar-refractivity contribution in [3.63, 3.8) is 0 Å². The fourth-order valence-electron chi connectivity index (χ4n) is 1.71. The molecule has 1 heterocycles. The summed E-state index contributed by atoms with van der Waals surface area (Å²) in [5, 5.41) is 5.91. The number of rotatable bonds is 1. The Balaban J connectivity index is 1.82. The molecule has 1 amide bonds. The van der Waals surface area contributed by atoms with Gasteiger partial charge >= 0.3 is 0 Å². The van der Waals surface area contributed by atoms with E-state index in [-0.39, 0.29) is 12.5 Å². The number of carbonyl (C=O) groups excluding carboxylic acids is 1. The minimum absolute atomic E-state index is 0.00417. The minimum Gasteiger partial charge on any atom is -0.353 e. The molecule has 0 saturated heterocycles. The Kier molecular flexibility index (Phi) is 1.98. The van der Waals surface area contributed by atoms with Gasteiger partial charge in [0.2, 0.25) is 5.91 Å². The third kappa shape index (κ3) is 1.57. The SMILES string of the molecule is O=C1CN=C(NC2CCCC2)N1. The van der Waals surface area contributed by atoms with Crippen LogP contribution in [0.25, 0.3) is 0 Å². The Labute approximate surface area is 71.4 Å². The first-order valence-corrected chi connectivity index (χ1v) is 4.45. The third-order valence-electron chi connectivity index (χ3n) is 2.33. The maximum atomic E-state index is 10.8. The van der Waals surface area contributed by atoms with Gasteiger partial charge in [-0.2, -0.15) is 0 Å². The summed E-state index contributed by atoms with van der Waals surface area (Å²) in [5.74, 6) is 0.669. The fourth-order valence-corrected chi connectivity index (χ4v) is 1.71. The van der Waals surface area contributed by atoms with Crippen molar-refractivity contribution in [3.05, 3.63) is 0 Å². The smallest absolute Gasteiger partial charge is 0.248 e. The van der Waals surface area contributed by atoms with E-state index < -0.39 is 0 Å². The van der Waals surface area contributed by atoms with Gasteiger partial charge in [-0.15, -0.1) is 0 Å². The second-order valence-corrected chi connectivity index (χ2v) is 3.34. The molecule has 0 atom stereocenters. The Morgan fingerprint density at radius 2 is 2.17 bits per heavy atom. The molecule has 0 aromatic carbocycles. The Bertz CT molecular complexity index is 218. The monoisotopic (exact) mass is 167 g/mol. The van der Waals surface area contributed by atoms with Crippen molar-refractivity contribution < 1.29 is 4.79 Å². The molecule has 4 nitrogen and oxygen atoms in total. The predicted octanol–water partition coefficient (Wildman–Crippen LogP) is 0.00440. The molecule has 0 aromatic heterocycles. The van der Waals surface area contributed by atoms with Crippen LogP contribution in [0.4, 0.5) is 0 Å². The summed E-state index contributed by atoms with van der Waals surface area (Å²) in [5.41, 5.74) is 0. The molecule has 0 unspecified atom stereocenters. The number of aliphatic imine (C=N–C) groups is 1. The van der Waals surface area contributed by atoms with Crippen molar-refractivity contribution in [2.75, 3.05) is 6.54 Å². The van der Waals surface area contributed by atoms with Crippen LogP contribution in [0.1, 0.15) is 25.7 Å². The number of guanidine groups is 1. The van der Waals surface area contributed by atoms with E-state index in [2.05, 4.69) is 15.6 Å². The summed E-state index contributed by atoms with van der Waals surface area (Å²) in [6.45, 7) is 0.287. The lowest BCUT2D eigenvalue weighted by Gasteiger charge is -2.11. The van der Waals surface area contributed by atoms with Crippen molar-refractivity contribution in [2.24, 2.45) is 4.99 Å². The van der Waals surface area contributed by atoms with Gasteiger partial charge in [0.05, 0.1) is 0 Å². The number of hydrogen-bond donors (Lipinski definition) is 2. The van der Waals surface area contributed by atoms with Crippen LogP contribution in [0.3, 0.4) is 0 Å². The van der Waals surface area contributed by atoms with Gasteiger partial charge in [0.25, 0.3) is 0 Å². The number of hydrogen-bond acceptors (Lipinski definition) is 3. The number of amides is 1. The van der Waals surface area contributed by atoms with Crippen LogP contribution in [0, 0.1) is 0 Å². The quantitative estimate of drug-likeness (QED) is 0.577. The van der Waals surface area contributed by atoms with Crippen molar-refractivity contribution in [1.82, 2.24) is 10.6 Å². The summed E-state index contributed by atoms with van der Waals surface area (Å²) >= 11 is 0. The zero-order chi connectivity index (χ0) is 8.39. The molecule has 0 spiro atoms. The second kappa shape index (κ2) is 3.13. The van der Waals surface area contributed by atoms with Crippen LogP contribution < -0.4 is 10.6 Å². The van der Waals surface area contributed by atoms with E-state index in [4.69, 9.17) is 0 Å². The normalized spacial score (nSPS) is 24.0. The molecule has 0 bridgehead atoms. The van der Waals surface area contributed by atoms with Crippen molar-refractivity contribution in [3.8, 4) is 0 Å². The van der Waals surface area contributed by atoms with E-state index in [1.165, 1.54) is 25.7 Å². The van der Waals surface area contributed by atoms with Crippen LogP contribution in [0.15, 0.2) is 4.99 Å². The minimum atomic E-state index is -0.00417. The van der Waals surface area contributed by atoms with Gasteiger partial charge < -0.3 is 5.32 Å². The summed E-state index contributed by atoms with van der Waals surface area (Å²) in [6.07, 6.45) is 4.99. The molecule has 1 aliphatic heterocycles. The molecule has 1 aliphatic carbocycles. The largest absolute Gasteiger partial charge is 0.353 e. The van der Waals surface area contributed by atoms with Crippen LogP contribution in [0.2, 0.25) is 0 Å². The lowest BCUT2D eigenvalue weighted by molar-refractivity contribution is -0.117. The predicted molar refractivity (Wildman–Crippen MR) is 45.8 cm³/mol. The maximum absolute atomic E-state index is 10.8. The Morgan fingerprint density at radius 3 is 2.75 bits per heavy atom. The number of carbonyl (C=O) groups is 1. The molecule has 2 aliphatic rings. The highest BCUT2D eigenvalue weighted by atomic mass is 16.2. The second-order valence-electron chi connectivity index (χ2n) is 3.34.